The van der Waals surface area contributed by atoms with Gasteiger partial charge in [0.05, 0.1) is 0 Å². The van der Waals surface area contributed by atoms with Crippen LogP contribution in [0.25, 0.3) is 11.1 Å². The summed E-state index contributed by atoms with van der Waals surface area (Å²) in [5.74, 6) is -3.77. The maximum atomic E-state index is 13.1. The van der Waals surface area contributed by atoms with Crippen LogP contribution in [0.15, 0.2) is 30.3 Å². The molecule has 0 aliphatic rings. The van der Waals surface area contributed by atoms with Crippen LogP contribution in [0.4, 0.5) is 13.2 Å². The van der Waals surface area contributed by atoms with Crippen LogP contribution < -0.4 is 0 Å². The van der Waals surface area contributed by atoms with Gasteiger partial charge in [0.1, 0.15) is 0 Å². The fourth-order valence-electron chi connectivity index (χ4n) is 1.64. The van der Waals surface area contributed by atoms with Gasteiger partial charge < -0.3 is 0 Å². The van der Waals surface area contributed by atoms with Gasteiger partial charge in [-0.15, -0.1) is 0 Å². The lowest BCUT2D eigenvalue weighted by Gasteiger charge is -2.06. The van der Waals surface area contributed by atoms with E-state index in [2.05, 4.69) is 0 Å². The highest BCUT2D eigenvalue weighted by atomic mass is 19.2. The van der Waals surface area contributed by atoms with Crippen LogP contribution in [-0.4, -0.2) is 0 Å². The van der Waals surface area contributed by atoms with Gasteiger partial charge in [0.2, 0.25) is 0 Å². The third-order valence-electron chi connectivity index (χ3n) is 2.82. The Kier molecular flexibility index (Phi) is 2.92. The molecule has 0 nitrogen and oxygen atoms in total. The summed E-state index contributed by atoms with van der Waals surface area (Å²) in [6.07, 6.45) is 0. The molecule has 0 aliphatic heterocycles. The largest absolute Gasteiger partial charge is 0.204 e. The van der Waals surface area contributed by atoms with Crippen molar-refractivity contribution in [2.45, 2.75) is 13.8 Å². The van der Waals surface area contributed by atoms with Gasteiger partial charge in [-0.1, -0.05) is 18.2 Å². The third-order valence-corrected chi connectivity index (χ3v) is 2.82. The average Bonchev–Trinajstić information content (AvgIpc) is 2.29. The lowest BCUT2D eigenvalue weighted by molar-refractivity contribution is 0.448. The van der Waals surface area contributed by atoms with Crippen molar-refractivity contribution in [3.63, 3.8) is 0 Å². The highest BCUT2D eigenvalue weighted by molar-refractivity contribution is 5.65. The van der Waals surface area contributed by atoms with E-state index in [1.54, 1.807) is 6.07 Å². The highest BCUT2D eigenvalue weighted by Crippen LogP contribution is 2.25. The van der Waals surface area contributed by atoms with Crippen LogP contribution in [0, 0.1) is 31.3 Å². The molecule has 3 heteroatoms. The number of hydrogen-bond acceptors (Lipinski definition) is 0. The zero-order chi connectivity index (χ0) is 12.6. The summed E-state index contributed by atoms with van der Waals surface area (Å²) in [6.45, 7) is 3.86. The van der Waals surface area contributed by atoms with E-state index in [4.69, 9.17) is 0 Å². The van der Waals surface area contributed by atoms with Crippen molar-refractivity contribution in [2.24, 2.45) is 0 Å². The first-order chi connectivity index (χ1) is 7.99. The van der Waals surface area contributed by atoms with Gasteiger partial charge in [-0.2, -0.15) is 0 Å². The van der Waals surface area contributed by atoms with Crippen molar-refractivity contribution < 1.29 is 13.2 Å². The van der Waals surface area contributed by atoms with Crippen LogP contribution in [0.1, 0.15) is 11.1 Å². The van der Waals surface area contributed by atoms with Gasteiger partial charge >= 0.3 is 0 Å². The van der Waals surface area contributed by atoms with Crippen molar-refractivity contribution in [3.8, 4) is 11.1 Å². The quantitative estimate of drug-likeness (QED) is 0.644. The molecule has 2 aromatic rings. The predicted octanol–water partition coefficient (Wildman–Crippen LogP) is 4.39. The van der Waals surface area contributed by atoms with E-state index in [0.29, 0.717) is 11.1 Å². The second kappa shape index (κ2) is 4.24. The summed E-state index contributed by atoms with van der Waals surface area (Å²) >= 11 is 0. The lowest BCUT2D eigenvalue weighted by atomic mass is 10.0. The molecule has 0 amide bonds. The predicted molar refractivity (Wildman–Crippen MR) is 61.2 cm³/mol. The molecule has 0 atom stereocenters. The van der Waals surface area contributed by atoms with Crippen LogP contribution in [0.3, 0.4) is 0 Å². The van der Waals surface area contributed by atoms with Crippen LogP contribution in [-0.2, 0) is 0 Å². The molecule has 2 aromatic carbocycles. The summed E-state index contributed by atoms with van der Waals surface area (Å²) < 4.78 is 39.0. The summed E-state index contributed by atoms with van der Waals surface area (Å²) in [5, 5.41) is 0. The van der Waals surface area contributed by atoms with Crippen molar-refractivity contribution in [3.05, 3.63) is 58.9 Å². The van der Waals surface area contributed by atoms with E-state index in [-0.39, 0.29) is 0 Å². The molecule has 0 aliphatic carbocycles. The number of rotatable bonds is 1. The molecule has 88 valence electrons. The third kappa shape index (κ3) is 2.18. The summed E-state index contributed by atoms with van der Waals surface area (Å²) in [4.78, 5) is 0. The minimum Gasteiger partial charge on any atom is -0.204 e. The molecule has 0 aromatic heterocycles. The van der Waals surface area contributed by atoms with Gasteiger partial charge in [-0.25, -0.2) is 13.2 Å². The van der Waals surface area contributed by atoms with E-state index >= 15 is 0 Å². The van der Waals surface area contributed by atoms with Gasteiger partial charge in [0.15, 0.2) is 17.5 Å². The number of halogens is 3. The van der Waals surface area contributed by atoms with Crippen molar-refractivity contribution in [1.82, 2.24) is 0 Å². The topological polar surface area (TPSA) is 0 Å². The Hall–Kier alpha value is -1.77. The molecular formula is C14H11F3. The Morgan fingerprint density at radius 2 is 1.29 bits per heavy atom. The Balaban J connectivity index is 2.57. The summed E-state index contributed by atoms with van der Waals surface area (Å²) in [5.41, 5.74) is 3.12. The number of benzene rings is 2. The molecule has 0 radical (unpaired) electrons. The molecule has 0 N–H and O–H groups in total. The van der Waals surface area contributed by atoms with E-state index in [1.807, 2.05) is 26.0 Å². The first-order valence-electron chi connectivity index (χ1n) is 5.21. The molecule has 2 rings (SSSR count). The molecule has 0 fully saturated rings. The zero-order valence-corrected chi connectivity index (χ0v) is 9.52. The van der Waals surface area contributed by atoms with Crippen LogP contribution in [0.2, 0.25) is 0 Å². The lowest BCUT2D eigenvalue weighted by Crippen LogP contribution is -1.92. The van der Waals surface area contributed by atoms with Gasteiger partial charge in [0.25, 0.3) is 0 Å². The van der Waals surface area contributed by atoms with E-state index in [1.165, 1.54) is 0 Å². The smallest absolute Gasteiger partial charge is 0.194 e. The first kappa shape index (κ1) is 11.7. The molecule has 0 saturated carbocycles. The molecule has 0 heterocycles. The van der Waals surface area contributed by atoms with Crippen LogP contribution >= 0.6 is 0 Å². The minimum atomic E-state index is -1.43. The van der Waals surface area contributed by atoms with E-state index in [0.717, 1.165) is 23.3 Å². The van der Waals surface area contributed by atoms with E-state index in [9.17, 15) is 13.2 Å². The van der Waals surface area contributed by atoms with Crippen LogP contribution in [0.5, 0.6) is 0 Å². The molecular weight excluding hydrogens is 225 g/mol. The maximum Gasteiger partial charge on any atom is 0.194 e. The first-order valence-corrected chi connectivity index (χ1v) is 5.21. The van der Waals surface area contributed by atoms with Crippen molar-refractivity contribution in [2.75, 3.05) is 0 Å². The zero-order valence-electron chi connectivity index (χ0n) is 9.52. The molecule has 17 heavy (non-hydrogen) atoms. The molecule has 0 bridgehead atoms. The second-order valence-corrected chi connectivity index (χ2v) is 4.05. The Labute approximate surface area is 97.7 Å². The van der Waals surface area contributed by atoms with Gasteiger partial charge in [-0.05, 0) is 48.2 Å². The normalized spacial score (nSPS) is 10.6. The number of hydrogen-bond donors (Lipinski definition) is 0. The maximum absolute atomic E-state index is 13.1. The molecule has 0 spiro atoms. The van der Waals surface area contributed by atoms with Gasteiger partial charge in [0, 0.05) is 0 Å². The Bertz CT molecular complexity index is 551. The Morgan fingerprint density at radius 3 is 1.82 bits per heavy atom. The fraction of sp³-hybridized carbons (Fsp3) is 0.143. The van der Waals surface area contributed by atoms with E-state index < -0.39 is 17.5 Å². The SMILES string of the molecule is Cc1ccc(-c2cc(F)c(F)c(F)c2)cc1C. The van der Waals surface area contributed by atoms with Crippen molar-refractivity contribution >= 4 is 0 Å². The second-order valence-electron chi connectivity index (χ2n) is 4.05. The standard InChI is InChI=1S/C14H11F3/c1-8-3-4-10(5-9(8)2)11-6-12(15)14(17)13(16)7-11/h3-7H,1-2H3. The molecule has 0 unspecified atom stereocenters. The Morgan fingerprint density at radius 1 is 0.706 bits per heavy atom. The van der Waals surface area contributed by atoms with Crippen molar-refractivity contribution in [1.29, 1.82) is 0 Å². The summed E-state index contributed by atoms with van der Waals surface area (Å²) in [6, 6.07) is 7.45. The monoisotopic (exact) mass is 236 g/mol. The molecule has 0 saturated heterocycles. The van der Waals surface area contributed by atoms with Gasteiger partial charge in [-0.3, -0.25) is 0 Å². The average molecular weight is 236 g/mol. The minimum absolute atomic E-state index is 0.338. The summed E-state index contributed by atoms with van der Waals surface area (Å²) in [7, 11) is 0. The fourth-order valence-corrected chi connectivity index (χ4v) is 1.64. The number of aryl methyl sites for hydroxylation is 2. The highest BCUT2D eigenvalue weighted by Gasteiger charge is 2.11.